The molecule has 6 aromatic carbocycles. The molecule has 6 aromatic heterocycles. The van der Waals surface area contributed by atoms with Gasteiger partial charge in [-0.05, 0) is 276 Å². The fourth-order valence-corrected chi connectivity index (χ4v) is 18.1. The normalized spacial score (nSPS) is 12.0. The molecule has 0 fully saturated rings. The number of hydrogen-bond donors (Lipinski definition) is 8. The van der Waals surface area contributed by atoms with Crippen molar-refractivity contribution >= 4 is 128 Å². The van der Waals surface area contributed by atoms with Crippen LogP contribution in [0.1, 0.15) is 291 Å². The molecule has 0 saturated heterocycles. The first-order valence-electron chi connectivity index (χ1n) is 50.9. The number of nitrogens with zero attached hydrogens (tertiary/aromatic N) is 4. The SMILES string of the molecule is CCCCCCCCOc1cc(OCCCCCCCC)cc(-c2c3nc(cc4ccc([nH]4)c(-c4ccc(NC(=O)Nc5ccc(C(C)(C)C)cc5C#CC#Cc5cc(C(C)(C)C)ccc5NC(=O)Nc5ccc(-c6c7nc(cc8ccc([nH]8)c(-c8cc(OCCCCCCCC)cc(OCCCCCCCC)c8)c8nc(cc9ccc6[nH]9)C=C8)C=C7)cc5)cc4)c4nc(cc5ccc2[nH]5)C=C4)C=C3)c1. The van der Waals surface area contributed by atoms with Crippen molar-refractivity contribution < 1.29 is 28.5 Å². The Morgan fingerprint density at radius 1 is 0.286 bits per heavy atom. The topological polar surface area (TPSA) is 234 Å². The average molecular weight is 1860 g/mol. The van der Waals surface area contributed by atoms with Crippen LogP contribution in [0.4, 0.5) is 32.3 Å². The summed E-state index contributed by atoms with van der Waals surface area (Å²) in [5.74, 6) is 15.9. The van der Waals surface area contributed by atoms with Crippen molar-refractivity contribution in [3.63, 3.8) is 0 Å². The van der Waals surface area contributed by atoms with Crippen LogP contribution >= 0.6 is 0 Å². The zero-order chi connectivity index (χ0) is 97.2. The zero-order valence-electron chi connectivity index (χ0n) is 83.1. The first-order chi connectivity index (χ1) is 68.2. The third-order valence-corrected chi connectivity index (χ3v) is 25.8. The van der Waals surface area contributed by atoms with E-state index in [0.29, 0.717) is 60.3 Å². The van der Waals surface area contributed by atoms with Gasteiger partial charge in [-0.15, -0.1) is 0 Å². The van der Waals surface area contributed by atoms with Crippen molar-refractivity contribution in [1.29, 1.82) is 0 Å². The number of anilines is 4. The number of ether oxygens (including phenoxy) is 4. The number of hydrogen-bond acceptors (Lipinski definition) is 10. The van der Waals surface area contributed by atoms with Gasteiger partial charge in [0.15, 0.2) is 0 Å². The van der Waals surface area contributed by atoms with E-state index in [-0.39, 0.29) is 10.8 Å². The molecule has 12 aromatic rings. The highest BCUT2D eigenvalue weighted by Gasteiger charge is 2.24. The quantitative estimate of drug-likeness (QED) is 0.0134. The van der Waals surface area contributed by atoms with Crippen LogP contribution in [0.2, 0.25) is 0 Å². The Hall–Kier alpha value is -14.6. The summed E-state index contributed by atoms with van der Waals surface area (Å²) in [6.45, 7) is 24.4. The van der Waals surface area contributed by atoms with Gasteiger partial charge in [-0.2, -0.15) is 0 Å². The predicted octanol–water partition coefficient (Wildman–Crippen LogP) is 32.5. The number of nitrogens with one attached hydrogen (secondary N) is 8. The number of carbonyl (C=O) groups excluding carboxylic acids is 2. The molecule has 0 unspecified atom stereocenters. The van der Waals surface area contributed by atoms with Crippen LogP contribution in [0.15, 0.2) is 194 Å². The third-order valence-electron chi connectivity index (χ3n) is 25.8. The lowest BCUT2D eigenvalue weighted by atomic mass is 9.86. The van der Waals surface area contributed by atoms with Gasteiger partial charge in [0, 0.05) is 101 Å². The number of aromatic nitrogens is 8. The van der Waals surface area contributed by atoms with Crippen molar-refractivity contribution in [2.24, 2.45) is 0 Å². The number of benzene rings is 6. The Labute approximate surface area is 825 Å². The molecule has 0 saturated carbocycles. The second-order valence-electron chi connectivity index (χ2n) is 39.1. The molecular formula is C122H134N12O6. The van der Waals surface area contributed by atoms with Crippen LogP contribution in [-0.4, -0.2) is 78.4 Å². The number of unbranched alkanes of at least 4 members (excludes halogenated alkanes) is 20. The number of rotatable bonds is 40. The van der Waals surface area contributed by atoms with Crippen molar-refractivity contribution in [2.45, 2.75) is 234 Å². The lowest BCUT2D eigenvalue weighted by Gasteiger charge is -2.20. The summed E-state index contributed by atoms with van der Waals surface area (Å²) in [5.41, 5.74) is 25.6. The zero-order valence-corrected chi connectivity index (χ0v) is 83.1. The Kier molecular flexibility index (Phi) is 33.5. The lowest BCUT2D eigenvalue weighted by molar-refractivity contribution is 0.261. The van der Waals surface area contributed by atoms with Crippen molar-refractivity contribution in [1.82, 2.24) is 39.9 Å². The summed E-state index contributed by atoms with van der Waals surface area (Å²) in [7, 11) is 0. The van der Waals surface area contributed by atoms with Crippen LogP contribution in [0, 0.1) is 23.7 Å². The molecule has 4 amide bonds. The highest BCUT2D eigenvalue weighted by Crippen LogP contribution is 2.42. The number of H-pyrrole nitrogens is 4. The summed E-state index contributed by atoms with van der Waals surface area (Å²) in [4.78, 5) is 64.5. The van der Waals surface area contributed by atoms with Gasteiger partial charge < -0.3 is 60.2 Å². The van der Waals surface area contributed by atoms with Gasteiger partial charge in [0.1, 0.15) is 23.0 Å². The molecule has 16 rings (SSSR count). The van der Waals surface area contributed by atoms with E-state index >= 15 is 0 Å². The Balaban J connectivity index is 0.612. The van der Waals surface area contributed by atoms with Gasteiger partial charge in [-0.3, -0.25) is 0 Å². The minimum atomic E-state index is -0.450. The molecule has 140 heavy (non-hydrogen) atoms. The number of carbonyl (C=O) groups is 2. The van der Waals surface area contributed by atoms with Gasteiger partial charge in [-0.25, -0.2) is 29.5 Å². The van der Waals surface area contributed by atoms with Crippen LogP contribution in [0.3, 0.4) is 0 Å². The smallest absolute Gasteiger partial charge is 0.323 e. The van der Waals surface area contributed by atoms with Crippen LogP contribution in [0.5, 0.6) is 23.0 Å². The lowest BCUT2D eigenvalue weighted by Crippen LogP contribution is -2.20. The number of amides is 4. The summed E-state index contributed by atoms with van der Waals surface area (Å²) in [6.07, 6.45) is 44.9. The molecule has 0 atom stereocenters. The monoisotopic (exact) mass is 1860 g/mol. The molecular weight excluding hydrogens is 1730 g/mol. The summed E-state index contributed by atoms with van der Waals surface area (Å²) in [6, 6.07) is 64.0. The first kappa shape index (κ1) is 98.4. The number of aromatic amines is 4. The van der Waals surface area contributed by atoms with Crippen molar-refractivity contribution in [2.75, 3.05) is 47.7 Å². The second-order valence-corrected chi connectivity index (χ2v) is 39.1. The van der Waals surface area contributed by atoms with Crippen molar-refractivity contribution in [3.05, 3.63) is 262 Å². The Morgan fingerprint density at radius 3 is 0.836 bits per heavy atom. The third kappa shape index (κ3) is 26.8. The summed E-state index contributed by atoms with van der Waals surface area (Å²) >= 11 is 0. The van der Waals surface area contributed by atoms with Crippen LogP contribution in [0.25, 0.3) is 137 Å². The van der Waals surface area contributed by atoms with Gasteiger partial charge in [0.05, 0.1) is 83.4 Å². The van der Waals surface area contributed by atoms with E-state index in [1.165, 1.54) is 103 Å². The van der Waals surface area contributed by atoms with E-state index in [2.05, 4.69) is 255 Å². The molecule has 18 heteroatoms. The van der Waals surface area contributed by atoms with E-state index in [0.717, 1.165) is 220 Å². The molecule has 10 heterocycles. The van der Waals surface area contributed by atoms with Gasteiger partial charge in [0.2, 0.25) is 0 Å². The average Bonchev–Trinajstić information content (AvgIpc) is 1.61. The van der Waals surface area contributed by atoms with Crippen molar-refractivity contribution in [3.8, 4) is 91.2 Å². The van der Waals surface area contributed by atoms with Crippen LogP contribution in [-0.2, 0) is 10.8 Å². The van der Waals surface area contributed by atoms with Gasteiger partial charge >= 0.3 is 12.1 Å². The van der Waals surface area contributed by atoms with Gasteiger partial charge in [0.25, 0.3) is 0 Å². The molecule has 4 aliphatic heterocycles. The molecule has 0 spiro atoms. The van der Waals surface area contributed by atoms with Crippen LogP contribution < -0.4 is 40.2 Å². The molecule has 718 valence electrons. The molecule has 0 aliphatic carbocycles. The second kappa shape index (κ2) is 47.6. The van der Waals surface area contributed by atoms with E-state index in [1.54, 1.807) is 0 Å². The highest BCUT2D eigenvalue weighted by molar-refractivity contribution is 6.03. The minimum Gasteiger partial charge on any atom is -0.493 e. The molecule has 18 nitrogen and oxygen atoms in total. The first-order valence-corrected chi connectivity index (χ1v) is 50.9. The van der Waals surface area contributed by atoms with E-state index in [9.17, 15) is 9.59 Å². The van der Waals surface area contributed by atoms with E-state index in [4.69, 9.17) is 38.9 Å². The largest absolute Gasteiger partial charge is 0.493 e. The molecule has 8 N–H and O–H groups in total. The fraction of sp³-hybridized carbons (Fsp3) is 0.328. The van der Waals surface area contributed by atoms with E-state index < -0.39 is 12.1 Å². The Morgan fingerprint density at radius 2 is 0.557 bits per heavy atom. The van der Waals surface area contributed by atoms with E-state index in [1.807, 2.05) is 121 Å². The van der Waals surface area contributed by atoms with Gasteiger partial charge in [-0.1, -0.05) is 246 Å². The maximum Gasteiger partial charge on any atom is 0.323 e. The highest BCUT2D eigenvalue weighted by atomic mass is 16.5. The maximum atomic E-state index is 14.3. The summed E-state index contributed by atoms with van der Waals surface area (Å²) in [5, 5.41) is 12.4. The predicted molar refractivity (Wildman–Crippen MR) is 584 cm³/mol. The summed E-state index contributed by atoms with van der Waals surface area (Å²) < 4.78 is 26.2. The fourth-order valence-electron chi connectivity index (χ4n) is 18.1. The minimum absolute atomic E-state index is 0.239. The molecule has 16 bridgehead atoms. The number of urea groups is 2. The Bertz CT molecular complexity index is 6550. The molecule has 4 aliphatic rings. The molecule has 0 radical (unpaired) electrons. The number of fused-ring (bicyclic) bond motifs is 16. The standard InChI is InChI=1S/C122H134N12O6/c1-11-15-19-23-27-33-67-137-101-73-87(74-102(81-101)138-68-34-28-24-20-16-12-2)117-111-63-53-97(127-111)77-93-49-59-107(123-93)115(108-60-50-94(124-108)78-98-54-64-112(117)128-98)83-39-45-91(46-40-83)131-119(135)133-105-57-43-89(121(5,6)7)71-85(105)37-31-32-38-86-72-90(122(8,9)10)44-58-106(86)134-120(136)132-92-47-41-84(42-48-92)116-109-61-51-95(125-109)79-99-55-65-113(129-99)118(114-66-56-100(130-114)80-96-52-62-110(116)126-96)88-75-103(139-69-35-29-25-21-17-13-3)82-104(76-88)140-70-36-30-26-22-18-14-4/h39-66,71-82,123,125,128,130H,11-30,33-36,67-70H2,1-10H3,(H2,131,133,135)(H2,132,134,136). The maximum absolute atomic E-state index is 14.3.